The smallest absolute Gasteiger partial charge is 0.371 e. The summed E-state index contributed by atoms with van der Waals surface area (Å²) in [7, 11) is -0.609. The molecule has 2 rings (SSSR count). The van der Waals surface area contributed by atoms with Gasteiger partial charge in [-0.2, -0.15) is 17.5 Å². The van der Waals surface area contributed by atoms with Crippen molar-refractivity contribution in [3.63, 3.8) is 0 Å². The third-order valence-corrected chi connectivity index (χ3v) is 3.63. The van der Waals surface area contributed by atoms with Gasteiger partial charge in [-0.1, -0.05) is 12.1 Å². The number of ether oxygens (including phenoxy) is 2. The van der Waals surface area contributed by atoms with Gasteiger partial charge in [-0.05, 0) is 6.07 Å². The molecule has 98 valence electrons. The van der Waals surface area contributed by atoms with Gasteiger partial charge in [0, 0.05) is 5.56 Å². The largest absolute Gasteiger partial charge is 0.493 e. The van der Waals surface area contributed by atoms with E-state index in [1.807, 2.05) is 0 Å². The average molecular weight is 272 g/mol. The van der Waals surface area contributed by atoms with Gasteiger partial charge in [-0.15, -0.1) is 0 Å². The number of hydrogen-bond acceptors (Lipinski definition) is 5. The highest BCUT2D eigenvalue weighted by atomic mass is 32.2. The summed E-state index contributed by atoms with van der Waals surface area (Å²) in [4.78, 5) is 0. The van der Waals surface area contributed by atoms with Crippen LogP contribution >= 0.6 is 0 Å². The van der Waals surface area contributed by atoms with E-state index in [0.717, 1.165) is 0 Å². The topological polar surface area (TPSA) is 105 Å². The zero-order valence-electron chi connectivity index (χ0n) is 9.93. The second kappa shape index (κ2) is 4.46. The van der Waals surface area contributed by atoms with Gasteiger partial charge < -0.3 is 9.47 Å². The number of nitrogens with one attached hydrogen (secondary N) is 2. The highest BCUT2D eigenvalue weighted by Crippen LogP contribution is 2.34. The summed E-state index contributed by atoms with van der Waals surface area (Å²) in [6.45, 7) is 0. The molecule has 1 aliphatic rings. The highest BCUT2D eigenvalue weighted by molar-refractivity contribution is 7.83. The Morgan fingerprint density at radius 2 is 2.06 bits per heavy atom. The van der Waals surface area contributed by atoms with Gasteiger partial charge in [0.15, 0.2) is 17.5 Å². The summed E-state index contributed by atoms with van der Waals surface area (Å²) in [5.74, 6) is 1.05. The van der Waals surface area contributed by atoms with E-state index in [-0.39, 0.29) is 5.84 Å². The Morgan fingerprint density at radius 3 is 2.56 bits per heavy atom. The molecule has 0 bridgehead atoms. The molecular formula is C10H14N3O4S+. The molecule has 0 fully saturated rings. The first-order chi connectivity index (χ1) is 8.48. The molecule has 0 amide bonds. The summed E-state index contributed by atoms with van der Waals surface area (Å²) >= 11 is 0. The number of methoxy groups -OCH3 is 2. The lowest BCUT2D eigenvalue weighted by atomic mass is 10.1. The van der Waals surface area contributed by atoms with Crippen molar-refractivity contribution < 1.29 is 22.3 Å². The Labute approximate surface area is 105 Å². The first-order valence-electron chi connectivity index (χ1n) is 5.12. The first-order valence-corrected chi connectivity index (χ1v) is 6.60. The molecule has 1 heterocycles. The van der Waals surface area contributed by atoms with Crippen molar-refractivity contribution in [1.82, 2.24) is 4.72 Å². The van der Waals surface area contributed by atoms with E-state index >= 15 is 0 Å². The fourth-order valence-electron chi connectivity index (χ4n) is 1.83. The molecule has 0 aromatic heterocycles. The van der Waals surface area contributed by atoms with Crippen LogP contribution in [0.1, 0.15) is 11.6 Å². The maximum Gasteiger partial charge on any atom is 0.371 e. The molecular weight excluding hydrogens is 258 g/mol. The zero-order valence-corrected chi connectivity index (χ0v) is 10.7. The Morgan fingerprint density at radius 1 is 1.33 bits per heavy atom. The molecule has 1 aromatic carbocycles. The number of hydrogen-bond donors (Lipinski definition) is 3. The molecule has 0 saturated heterocycles. The lowest BCUT2D eigenvalue weighted by Crippen LogP contribution is -2.76. The highest BCUT2D eigenvalue weighted by Gasteiger charge is 2.37. The molecule has 0 spiro atoms. The first kappa shape index (κ1) is 12.7. The second-order valence-corrected chi connectivity index (χ2v) is 5.14. The zero-order chi connectivity index (χ0) is 13.3. The summed E-state index contributed by atoms with van der Waals surface area (Å²) < 4.78 is 37.7. The molecule has 8 heteroatoms. The van der Waals surface area contributed by atoms with Gasteiger partial charge in [0.1, 0.15) is 0 Å². The van der Waals surface area contributed by atoms with Crippen LogP contribution in [0, 0.1) is 0 Å². The Kier molecular flexibility index (Phi) is 3.14. The summed E-state index contributed by atoms with van der Waals surface area (Å²) in [6.07, 6.45) is 0. The molecule has 0 radical (unpaired) electrons. The van der Waals surface area contributed by atoms with Crippen LogP contribution in [0.25, 0.3) is 0 Å². The number of benzene rings is 1. The molecule has 7 nitrogen and oxygen atoms in total. The van der Waals surface area contributed by atoms with Crippen molar-refractivity contribution in [3.8, 4) is 11.5 Å². The lowest BCUT2D eigenvalue weighted by Gasteiger charge is -2.14. The summed E-state index contributed by atoms with van der Waals surface area (Å²) in [5.41, 5.74) is 6.26. The van der Waals surface area contributed by atoms with Crippen molar-refractivity contribution in [1.29, 1.82) is 0 Å². The standard InChI is InChI=1S/C10H13N3O4S/c1-16-7-5-3-4-6(9(7)17-2)8-10(11)13-18(14,15)12-8/h3-5,8,12H,1-2H3,(H2,11,13)/p+1/t8-/m0/s1. The fourth-order valence-corrected chi connectivity index (χ4v) is 2.88. The summed E-state index contributed by atoms with van der Waals surface area (Å²) in [6, 6.07) is 4.49. The van der Waals surface area contributed by atoms with Crippen molar-refractivity contribution in [2.75, 3.05) is 14.2 Å². The van der Waals surface area contributed by atoms with Crippen molar-refractivity contribution in [3.05, 3.63) is 23.8 Å². The summed E-state index contributed by atoms with van der Waals surface area (Å²) in [5, 5.41) is 0. The lowest BCUT2D eigenvalue weighted by molar-refractivity contribution is -0.265. The third kappa shape index (κ3) is 2.12. The van der Waals surface area contributed by atoms with Crippen LogP contribution in [0.15, 0.2) is 18.2 Å². The maximum atomic E-state index is 11.4. The molecule has 0 aliphatic carbocycles. The molecule has 1 atom stereocenters. The third-order valence-electron chi connectivity index (χ3n) is 2.58. The van der Waals surface area contributed by atoms with E-state index in [1.165, 1.54) is 14.2 Å². The Balaban J connectivity index is 2.50. The molecule has 1 aliphatic heterocycles. The van der Waals surface area contributed by atoms with Crippen LogP contribution in [-0.2, 0) is 10.2 Å². The van der Waals surface area contributed by atoms with Crippen LogP contribution in [0.4, 0.5) is 0 Å². The molecule has 18 heavy (non-hydrogen) atoms. The SMILES string of the molecule is COc1cccc([C@@H]2NS(=O)(=O)[NH+]=C2N)c1OC. The van der Waals surface area contributed by atoms with E-state index in [9.17, 15) is 8.42 Å². The van der Waals surface area contributed by atoms with Crippen LogP contribution in [0.5, 0.6) is 11.5 Å². The van der Waals surface area contributed by atoms with Gasteiger partial charge >= 0.3 is 10.2 Å². The van der Waals surface area contributed by atoms with E-state index in [1.54, 1.807) is 18.2 Å². The van der Waals surface area contributed by atoms with Crippen molar-refractivity contribution >= 4 is 16.0 Å². The predicted molar refractivity (Wildman–Crippen MR) is 64.5 cm³/mol. The maximum absolute atomic E-state index is 11.4. The van der Waals surface area contributed by atoms with Gasteiger partial charge in [-0.3, -0.25) is 5.73 Å². The van der Waals surface area contributed by atoms with E-state index in [2.05, 4.69) is 9.12 Å². The monoisotopic (exact) mass is 272 g/mol. The van der Waals surface area contributed by atoms with E-state index in [0.29, 0.717) is 17.1 Å². The Hall–Kier alpha value is -1.80. The minimum absolute atomic E-state index is 0.0987. The van der Waals surface area contributed by atoms with Crippen LogP contribution in [0.2, 0.25) is 0 Å². The van der Waals surface area contributed by atoms with Crippen LogP contribution in [-0.4, -0.2) is 28.5 Å². The second-order valence-electron chi connectivity index (χ2n) is 3.69. The average Bonchev–Trinajstić information content (AvgIpc) is 2.61. The number of para-hydroxylation sites is 1. The Bertz CT molecular complexity index is 597. The van der Waals surface area contributed by atoms with E-state index < -0.39 is 16.3 Å². The molecule has 0 saturated carbocycles. The predicted octanol–water partition coefficient (Wildman–Crippen LogP) is -1.97. The minimum Gasteiger partial charge on any atom is -0.493 e. The molecule has 4 N–H and O–H groups in total. The normalized spacial score (nSPS) is 21.4. The number of rotatable bonds is 3. The minimum atomic E-state index is -3.60. The molecule has 1 aromatic rings. The number of amidine groups is 1. The fraction of sp³-hybridized carbons (Fsp3) is 0.300. The molecule has 0 unspecified atom stereocenters. The van der Waals surface area contributed by atoms with Crippen molar-refractivity contribution in [2.45, 2.75) is 6.04 Å². The van der Waals surface area contributed by atoms with Gasteiger partial charge in [0.05, 0.1) is 14.2 Å². The van der Waals surface area contributed by atoms with E-state index in [4.69, 9.17) is 15.2 Å². The van der Waals surface area contributed by atoms with Gasteiger partial charge in [-0.25, -0.2) is 0 Å². The van der Waals surface area contributed by atoms with Crippen molar-refractivity contribution in [2.24, 2.45) is 5.73 Å². The van der Waals surface area contributed by atoms with Crippen LogP contribution in [0.3, 0.4) is 0 Å². The quantitative estimate of drug-likeness (QED) is 0.592. The van der Waals surface area contributed by atoms with Crippen LogP contribution < -0.4 is 24.3 Å². The number of nitrogens with two attached hydrogens (primary N) is 1. The van der Waals surface area contributed by atoms with Gasteiger partial charge in [0.2, 0.25) is 0 Å². The van der Waals surface area contributed by atoms with Gasteiger partial charge in [0.25, 0.3) is 5.84 Å².